The number of hydrogen-bond acceptors (Lipinski definition) is 4. The molecule has 1 N–H and O–H groups in total. The summed E-state index contributed by atoms with van der Waals surface area (Å²) >= 11 is 6.66. The van der Waals surface area contributed by atoms with Crippen molar-refractivity contribution in [2.24, 2.45) is 0 Å². The Labute approximate surface area is 122 Å². The molecule has 0 aromatic heterocycles. The van der Waals surface area contributed by atoms with Crippen LogP contribution < -0.4 is 0 Å². The molecule has 0 amide bonds. The van der Waals surface area contributed by atoms with Gasteiger partial charge in [-0.1, -0.05) is 54.3 Å². The van der Waals surface area contributed by atoms with Crippen LogP contribution in [-0.2, 0) is 4.79 Å². The first-order chi connectivity index (χ1) is 8.97. The molecule has 1 atom stereocenters. The normalized spacial score (nSPS) is 13.3. The Morgan fingerprint density at radius 3 is 2.63 bits per heavy atom. The van der Waals surface area contributed by atoms with Crippen LogP contribution in [0.5, 0.6) is 0 Å². The predicted octanol–water partition coefficient (Wildman–Crippen LogP) is 3.63. The van der Waals surface area contributed by atoms with Gasteiger partial charge in [0, 0.05) is 6.42 Å². The molecular formula is C14H15NO2S2. The lowest BCUT2D eigenvalue weighted by Gasteiger charge is -2.20. The Kier molecular flexibility index (Phi) is 6.00. The molecule has 0 aliphatic heterocycles. The lowest BCUT2D eigenvalue weighted by molar-refractivity contribution is -0.137. The first kappa shape index (κ1) is 15.7. The number of nitriles is 1. The highest BCUT2D eigenvalue weighted by atomic mass is 32.2. The van der Waals surface area contributed by atoms with E-state index in [2.05, 4.69) is 6.07 Å². The summed E-state index contributed by atoms with van der Waals surface area (Å²) in [6.07, 6.45) is 1.06. The van der Waals surface area contributed by atoms with Crippen molar-refractivity contribution in [1.29, 1.82) is 5.26 Å². The zero-order valence-corrected chi connectivity index (χ0v) is 12.3. The number of thioether (sulfide) groups is 1. The van der Waals surface area contributed by atoms with Crippen LogP contribution in [-0.4, -0.2) is 20.0 Å². The highest BCUT2D eigenvalue weighted by molar-refractivity contribution is 8.24. The molecule has 19 heavy (non-hydrogen) atoms. The summed E-state index contributed by atoms with van der Waals surface area (Å²) in [5.74, 6) is -0.837. The zero-order chi connectivity index (χ0) is 14.3. The maximum atomic E-state index is 10.5. The average molecular weight is 293 g/mol. The fourth-order valence-electron chi connectivity index (χ4n) is 1.54. The number of benzene rings is 1. The molecule has 100 valence electrons. The maximum Gasteiger partial charge on any atom is 0.303 e. The minimum atomic E-state index is -0.837. The van der Waals surface area contributed by atoms with Crippen molar-refractivity contribution in [2.75, 3.05) is 0 Å². The number of carboxylic acids is 1. The number of carboxylic acid groups (broad SMARTS) is 1. The molecule has 0 heterocycles. The van der Waals surface area contributed by atoms with Gasteiger partial charge in [-0.15, -0.1) is 0 Å². The molecular weight excluding hydrogens is 278 g/mol. The Balaban J connectivity index is 2.63. The number of carbonyl (C=O) groups is 1. The fourth-order valence-corrected chi connectivity index (χ4v) is 3.19. The van der Waals surface area contributed by atoms with E-state index in [1.807, 2.05) is 30.3 Å². The van der Waals surface area contributed by atoms with Crippen LogP contribution in [0.15, 0.2) is 30.3 Å². The lowest BCUT2D eigenvalue weighted by atomic mass is 10.1. The summed E-state index contributed by atoms with van der Waals surface area (Å²) in [6.45, 7) is 1.80. The van der Waals surface area contributed by atoms with Crippen molar-refractivity contribution >= 4 is 34.1 Å². The molecule has 5 heteroatoms. The monoisotopic (exact) mass is 293 g/mol. The second kappa shape index (κ2) is 7.27. The second-order valence-corrected chi connectivity index (χ2v) is 6.53. The maximum absolute atomic E-state index is 10.5. The number of thiocarbonyl (C=S) groups is 1. The quantitative estimate of drug-likeness (QED) is 0.811. The van der Waals surface area contributed by atoms with Crippen molar-refractivity contribution in [3.8, 4) is 6.07 Å². The first-order valence-electron chi connectivity index (χ1n) is 5.88. The van der Waals surface area contributed by atoms with Gasteiger partial charge in [0.15, 0.2) is 0 Å². The minimum Gasteiger partial charge on any atom is -0.481 e. The predicted molar refractivity (Wildman–Crippen MR) is 81.2 cm³/mol. The van der Waals surface area contributed by atoms with E-state index >= 15 is 0 Å². The number of rotatable bonds is 6. The van der Waals surface area contributed by atoms with Crippen LogP contribution in [0.1, 0.15) is 31.7 Å². The summed E-state index contributed by atoms with van der Waals surface area (Å²) in [5, 5.41) is 17.9. The SMILES string of the molecule is CC(C#N)(CCCC(=O)O)SC(=S)c1ccccc1. The fraction of sp³-hybridized carbons (Fsp3) is 0.357. The molecule has 0 spiro atoms. The van der Waals surface area contributed by atoms with Gasteiger partial charge in [0.25, 0.3) is 0 Å². The zero-order valence-electron chi connectivity index (χ0n) is 10.6. The van der Waals surface area contributed by atoms with Crippen LogP contribution in [0.4, 0.5) is 0 Å². The largest absolute Gasteiger partial charge is 0.481 e. The van der Waals surface area contributed by atoms with E-state index < -0.39 is 10.7 Å². The van der Waals surface area contributed by atoms with E-state index in [0.717, 1.165) is 5.56 Å². The van der Waals surface area contributed by atoms with Gasteiger partial charge in [0.2, 0.25) is 0 Å². The highest BCUT2D eigenvalue weighted by Crippen LogP contribution is 2.33. The Hall–Kier alpha value is -1.38. The van der Waals surface area contributed by atoms with Crippen molar-refractivity contribution < 1.29 is 9.90 Å². The third-order valence-electron chi connectivity index (χ3n) is 2.61. The Morgan fingerprint density at radius 2 is 2.11 bits per heavy atom. The van der Waals surface area contributed by atoms with E-state index in [9.17, 15) is 10.1 Å². The molecule has 1 aromatic rings. The van der Waals surface area contributed by atoms with Crippen molar-refractivity contribution in [3.05, 3.63) is 35.9 Å². The van der Waals surface area contributed by atoms with Crippen LogP contribution in [0.3, 0.4) is 0 Å². The van der Waals surface area contributed by atoms with Crippen LogP contribution in [0.2, 0.25) is 0 Å². The van der Waals surface area contributed by atoms with E-state index in [1.54, 1.807) is 6.92 Å². The molecule has 1 rings (SSSR count). The van der Waals surface area contributed by atoms with E-state index in [0.29, 0.717) is 17.0 Å². The topological polar surface area (TPSA) is 61.1 Å². The Bertz CT molecular complexity index is 496. The van der Waals surface area contributed by atoms with Crippen LogP contribution in [0, 0.1) is 11.3 Å². The summed E-state index contributed by atoms with van der Waals surface area (Å²) < 4.78 is -0.0116. The molecule has 1 unspecified atom stereocenters. The standard InChI is InChI=1S/C14H15NO2S2/c1-14(10-15,9-5-8-12(16)17)19-13(18)11-6-3-2-4-7-11/h2-4,6-7H,5,8-9H2,1H3,(H,16,17). The Morgan fingerprint density at radius 1 is 1.47 bits per heavy atom. The van der Waals surface area contributed by atoms with Gasteiger partial charge in [-0.05, 0) is 25.3 Å². The third-order valence-corrected chi connectivity index (χ3v) is 4.26. The number of nitrogens with zero attached hydrogens (tertiary/aromatic N) is 1. The molecule has 0 saturated carbocycles. The smallest absolute Gasteiger partial charge is 0.303 e. The van der Waals surface area contributed by atoms with Crippen molar-refractivity contribution in [1.82, 2.24) is 0 Å². The summed E-state index contributed by atoms with van der Waals surface area (Å²) in [5.41, 5.74) is 0.919. The summed E-state index contributed by atoms with van der Waals surface area (Å²) in [4.78, 5) is 10.5. The molecule has 0 aliphatic carbocycles. The molecule has 0 radical (unpaired) electrons. The molecule has 1 aromatic carbocycles. The van der Waals surface area contributed by atoms with Gasteiger partial charge < -0.3 is 5.11 Å². The molecule has 0 fully saturated rings. The highest BCUT2D eigenvalue weighted by Gasteiger charge is 2.27. The van der Waals surface area contributed by atoms with Gasteiger partial charge in [-0.2, -0.15) is 5.26 Å². The second-order valence-electron chi connectivity index (χ2n) is 4.35. The summed E-state index contributed by atoms with van der Waals surface area (Å²) in [7, 11) is 0. The van der Waals surface area contributed by atoms with Crippen molar-refractivity contribution in [3.63, 3.8) is 0 Å². The molecule has 0 saturated heterocycles. The molecule has 3 nitrogen and oxygen atoms in total. The van der Waals surface area contributed by atoms with Crippen LogP contribution in [0.25, 0.3) is 0 Å². The average Bonchev–Trinajstić information content (AvgIpc) is 2.39. The number of aliphatic carboxylic acids is 1. The molecule has 0 aliphatic rings. The van der Waals surface area contributed by atoms with Gasteiger partial charge in [-0.25, -0.2) is 0 Å². The van der Waals surface area contributed by atoms with Crippen LogP contribution >= 0.6 is 24.0 Å². The first-order valence-corrected chi connectivity index (χ1v) is 7.11. The van der Waals surface area contributed by atoms with Gasteiger partial charge in [-0.3, -0.25) is 4.79 Å². The summed E-state index contributed by atoms with van der Waals surface area (Å²) in [6, 6.07) is 11.8. The van der Waals surface area contributed by atoms with E-state index in [-0.39, 0.29) is 6.42 Å². The van der Waals surface area contributed by atoms with Crippen molar-refractivity contribution in [2.45, 2.75) is 30.9 Å². The van der Waals surface area contributed by atoms with Gasteiger partial charge >= 0.3 is 5.97 Å². The number of hydrogen-bond donors (Lipinski definition) is 1. The van der Waals surface area contributed by atoms with Gasteiger partial charge in [0.1, 0.15) is 4.75 Å². The molecule has 0 bridgehead atoms. The van der Waals surface area contributed by atoms with E-state index in [4.69, 9.17) is 17.3 Å². The third kappa shape index (κ3) is 5.41. The lowest BCUT2D eigenvalue weighted by Crippen LogP contribution is -2.20. The minimum absolute atomic E-state index is 0.0793. The van der Waals surface area contributed by atoms with Gasteiger partial charge in [0.05, 0.1) is 10.3 Å². The van der Waals surface area contributed by atoms with E-state index in [1.165, 1.54) is 11.8 Å².